The Kier molecular flexibility index (Phi) is 3.55. The van der Waals surface area contributed by atoms with E-state index in [-0.39, 0.29) is 6.04 Å². The van der Waals surface area contributed by atoms with Crippen LogP contribution in [-0.2, 0) is 0 Å². The Hall–Kier alpha value is -1.97. The molecule has 1 N–H and O–H groups in total. The maximum atomic E-state index is 5.54. The van der Waals surface area contributed by atoms with Crippen molar-refractivity contribution in [2.24, 2.45) is 0 Å². The van der Waals surface area contributed by atoms with E-state index in [1.165, 1.54) is 0 Å². The molecular weight excluding hydrogens is 228 g/mol. The van der Waals surface area contributed by atoms with Crippen LogP contribution >= 0.6 is 0 Å². The van der Waals surface area contributed by atoms with Crippen molar-refractivity contribution in [2.45, 2.75) is 26.8 Å². The van der Waals surface area contributed by atoms with Gasteiger partial charge in [0.15, 0.2) is 11.6 Å². The fourth-order valence-corrected chi connectivity index (χ4v) is 2.03. The average molecular weight is 246 g/mol. The minimum Gasteiger partial charge on any atom is -0.493 e. The summed E-state index contributed by atoms with van der Waals surface area (Å²) in [5.74, 6) is 3.33. The van der Waals surface area contributed by atoms with Crippen molar-refractivity contribution >= 4 is 5.82 Å². The van der Waals surface area contributed by atoms with Crippen LogP contribution in [0.2, 0.25) is 0 Å². The Labute approximate surface area is 107 Å². The molecule has 2 aromatic rings. The van der Waals surface area contributed by atoms with Gasteiger partial charge in [-0.2, -0.15) is 0 Å². The molecule has 4 nitrogen and oxygen atoms in total. The summed E-state index contributed by atoms with van der Waals surface area (Å²) in [4.78, 5) is 4.28. The molecule has 0 bridgehead atoms. The number of pyridine rings is 1. The third-order valence-corrected chi connectivity index (χ3v) is 2.89. The van der Waals surface area contributed by atoms with Crippen molar-refractivity contribution in [3.05, 3.63) is 41.5 Å². The fourth-order valence-electron chi connectivity index (χ4n) is 2.03. The standard InChI is InChI=1S/C14H18N2O2/c1-9-8-12(11(3)18-9)10(2)16-14-13(17-4)6-5-7-15-14/h5-8,10H,1-4H3,(H,15,16). The number of furan rings is 1. The van der Waals surface area contributed by atoms with E-state index >= 15 is 0 Å². The third-order valence-electron chi connectivity index (χ3n) is 2.89. The van der Waals surface area contributed by atoms with Crippen molar-refractivity contribution in [2.75, 3.05) is 12.4 Å². The lowest BCUT2D eigenvalue weighted by atomic mass is 10.1. The van der Waals surface area contributed by atoms with Crippen LogP contribution in [-0.4, -0.2) is 12.1 Å². The van der Waals surface area contributed by atoms with Crippen molar-refractivity contribution in [3.8, 4) is 5.75 Å². The quantitative estimate of drug-likeness (QED) is 0.897. The van der Waals surface area contributed by atoms with E-state index in [4.69, 9.17) is 9.15 Å². The zero-order chi connectivity index (χ0) is 13.1. The predicted molar refractivity (Wildman–Crippen MR) is 71.0 cm³/mol. The minimum atomic E-state index is 0.117. The van der Waals surface area contributed by atoms with E-state index in [0.29, 0.717) is 0 Å². The molecule has 1 unspecified atom stereocenters. The fraction of sp³-hybridized carbons (Fsp3) is 0.357. The molecule has 2 rings (SSSR count). The second-order valence-electron chi connectivity index (χ2n) is 4.29. The monoisotopic (exact) mass is 246 g/mol. The molecule has 0 fully saturated rings. The van der Waals surface area contributed by atoms with Crippen LogP contribution < -0.4 is 10.1 Å². The van der Waals surface area contributed by atoms with Gasteiger partial charge in [-0.25, -0.2) is 4.98 Å². The molecular formula is C14H18N2O2. The summed E-state index contributed by atoms with van der Waals surface area (Å²) in [6.07, 6.45) is 1.74. The van der Waals surface area contributed by atoms with Crippen molar-refractivity contribution < 1.29 is 9.15 Å². The first-order chi connectivity index (χ1) is 8.61. The lowest BCUT2D eigenvalue weighted by molar-refractivity contribution is 0.414. The van der Waals surface area contributed by atoms with Crippen LogP contribution in [0.15, 0.2) is 28.8 Å². The molecule has 2 aromatic heterocycles. The Morgan fingerprint density at radius 1 is 1.39 bits per heavy atom. The van der Waals surface area contributed by atoms with Gasteiger partial charge in [0.1, 0.15) is 11.5 Å². The van der Waals surface area contributed by atoms with Crippen LogP contribution in [0.3, 0.4) is 0 Å². The summed E-state index contributed by atoms with van der Waals surface area (Å²) < 4.78 is 10.8. The highest BCUT2D eigenvalue weighted by atomic mass is 16.5. The van der Waals surface area contributed by atoms with Gasteiger partial charge in [0, 0.05) is 11.8 Å². The van der Waals surface area contributed by atoms with Gasteiger partial charge in [0.05, 0.1) is 13.2 Å². The number of nitrogens with zero attached hydrogens (tertiary/aromatic N) is 1. The maximum absolute atomic E-state index is 5.54. The first-order valence-corrected chi connectivity index (χ1v) is 5.94. The second kappa shape index (κ2) is 5.12. The Morgan fingerprint density at radius 2 is 2.17 bits per heavy atom. The number of aromatic nitrogens is 1. The van der Waals surface area contributed by atoms with Crippen molar-refractivity contribution in [1.82, 2.24) is 4.98 Å². The summed E-state index contributed by atoms with van der Waals surface area (Å²) in [6.45, 7) is 5.99. The van der Waals surface area contributed by atoms with E-state index < -0.39 is 0 Å². The highest BCUT2D eigenvalue weighted by Crippen LogP contribution is 2.28. The van der Waals surface area contributed by atoms with Crippen LogP contribution in [0, 0.1) is 13.8 Å². The van der Waals surface area contributed by atoms with Gasteiger partial charge >= 0.3 is 0 Å². The zero-order valence-corrected chi connectivity index (χ0v) is 11.2. The lowest BCUT2D eigenvalue weighted by Crippen LogP contribution is -2.09. The van der Waals surface area contributed by atoms with E-state index in [0.717, 1.165) is 28.7 Å². The summed E-state index contributed by atoms with van der Waals surface area (Å²) in [6, 6.07) is 5.89. The van der Waals surface area contributed by atoms with Crippen molar-refractivity contribution in [1.29, 1.82) is 0 Å². The third kappa shape index (κ3) is 2.47. The van der Waals surface area contributed by atoms with Gasteiger partial charge in [-0.1, -0.05) is 0 Å². The van der Waals surface area contributed by atoms with E-state index in [1.54, 1.807) is 13.3 Å². The van der Waals surface area contributed by atoms with E-state index in [9.17, 15) is 0 Å². The number of aryl methyl sites for hydroxylation is 2. The smallest absolute Gasteiger partial charge is 0.169 e. The maximum Gasteiger partial charge on any atom is 0.169 e. The van der Waals surface area contributed by atoms with E-state index in [1.807, 2.05) is 32.0 Å². The topological polar surface area (TPSA) is 47.3 Å². The first-order valence-electron chi connectivity index (χ1n) is 5.94. The summed E-state index contributed by atoms with van der Waals surface area (Å²) in [5, 5.41) is 3.34. The van der Waals surface area contributed by atoms with Gasteiger partial charge in [-0.05, 0) is 39.0 Å². The molecule has 18 heavy (non-hydrogen) atoms. The molecule has 2 heterocycles. The Bertz CT molecular complexity index is 534. The number of ether oxygens (including phenoxy) is 1. The van der Waals surface area contributed by atoms with Gasteiger partial charge in [-0.15, -0.1) is 0 Å². The lowest BCUT2D eigenvalue weighted by Gasteiger charge is -2.15. The number of hydrogen-bond acceptors (Lipinski definition) is 4. The largest absolute Gasteiger partial charge is 0.493 e. The average Bonchev–Trinajstić information content (AvgIpc) is 2.69. The molecule has 0 spiro atoms. The molecule has 0 saturated heterocycles. The second-order valence-corrected chi connectivity index (χ2v) is 4.29. The van der Waals surface area contributed by atoms with Gasteiger partial charge in [0.25, 0.3) is 0 Å². The Balaban J connectivity index is 2.21. The molecule has 0 amide bonds. The molecule has 96 valence electrons. The van der Waals surface area contributed by atoms with Crippen LogP contribution in [0.5, 0.6) is 5.75 Å². The molecule has 0 saturated carbocycles. The van der Waals surface area contributed by atoms with Gasteiger partial charge in [-0.3, -0.25) is 0 Å². The number of methoxy groups -OCH3 is 1. The zero-order valence-electron chi connectivity index (χ0n) is 11.2. The number of nitrogens with one attached hydrogen (secondary N) is 1. The van der Waals surface area contributed by atoms with Crippen molar-refractivity contribution in [3.63, 3.8) is 0 Å². The summed E-state index contributed by atoms with van der Waals surface area (Å²) in [7, 11) is 1.64. The molecule has 1 atom stereocenters. The number of hydrogen-bond donors (Lipinski definition) is 1. The highest BCUT2D eigenvalue weighted by Gasteiger charge is 2.14. The molecule has 0 aliphatic heterocycles. The Morgan fingerprint density at radius 3 is 2.78 bits per heavy atom. The van der Waals surface area contributed by atoms with Crippen LogP contribution in [0.25, 0.3) is 0 Å². The molecule has 0 aliphatic rings. The number of anilines is 1. The normalized spacial score (nSPS) is 12.2. The SMILES string of the molecule is COc1cccnc1NC(C)c1cc(C)oc1C. The molecule has 0 aliphatic carbocycles. The molecule has 0 aromatic carbocycles. The highest BCUT2D eigenvalue weighted by molar-refractivity contribution is 5.51. The van der Waals surface area contributed by atoms with Gasteiger partial charge in [0.2, 0.25) is 0 Å². The minimum absolute atomic E-state index is 0.117. The molecule has 4 heteroatoms. The molecule has 0 radical (unpaired) electrons. The van der Waals surface area contributed by atoms with Crippen LogP contribution in [0.4, 0.5) is 5.82 Å². The summed E-state index contributed by atoms with van der Waals surface area (Å²) in [5.41, 5.74) is 1.14. The van der Waals surface area contributed by atoms with E-state index in [2.05, 4.69) is 17.2 Å². The van der Waals surface area contributed by atoms with Gasteiger partial charge < -0.3 is 14.5 Å². The predicted octanol–water partition coefficient (Wildman–Crippen LogP) is 3.47. The first kappa shape index (κ1) is 12.5. The number of rotatable bonds is 4. The van der Waals surface area contributed by atoms with Crippen LogP contribution in [0.1, 0.15) is 30.0 Å². The summed E-state index contributed by atoms with van der Waals surface area (Å²) >= 11 is 0.